The van der Waals surface area contributed by atoms with E-state index in [1.807, 2.05) is 11.4 Å². The Morgan fingerprint density at radius 1 is 1.20 bits per heavy atom. The van der Waals surface area contributed by atoms with Crippen LogP contribution >= 0.6 is 0 Å². The molecule has 7 heteroatoms. The van der Waals surface area contributed by atoms with Crippen LogP contribution in [0.4, 0.5) is 4.79 Å². The first-order valence-electron chi connectivity index (χ1n) is 5.91. The Labute approximate surface area is 115 Å². The number of ether oxygens (including phenoxy) is 2. The molecule has 20 heavy (non-hydrogen) atoms. The first-order chi connectivity index (χ1) is 9.54. The molecule has 0 aliphatic carbocycles. The highest BCUT2D eigenvalue weighted by molar-refractivity contribution is 6.00. The maximum absolute atomic E-state index is 11.4. The van der Waals surface area contributed by atoms with E-state index < -0.39 is 24.1 Å². The molecule has 0 unspecified atom stereocenters. The van der Waals surface area contributed by atoms with Crippen molar-refractivity contribution in [2.24, 2.45) is 0 Å². The summed E-state index contributed by atoms with van der Waals surface area (Å²) in [5, 5.41) is 10.8. The molecule has 1 rings (SSSR count). The zero-order chi connectivity index (χ0) is 15.0. The van der Waals surface area contributed by atoms with E-state index in [0.29, 0.717) is 0 Å². The summed E-state index contributed by atoms with van der Waals surface area (Å²) in [6, 6.07) is 7.06. The molecular formula is C13H15NO6. The number of hydrogen-bond acceptors (Lipinski definition) is 5. The molecule has 7 nitrogen and oxygen atoms in total. The van der Waals surface area contributed by atoms with Gasteiger partial charge in [-0.3, -0.25) is 5.32 Å². The number of carbonyl (C=O) groups excluding carboxylic acids is 2. The van der Waals surface area contributed by atoms with Crippen molar-refractivity contribution in [1.29, 1.82) is 0 Å². The van der Waals surface area contributed by atoms with Crippen molar-refractivity contribution in [2.75, 3.05) is 6.61 Å². The molecule has 0 saturated heterocycles. The van der Waals surface area contributed by atoms with Gasteiger partial charge in [0.15, 0.2) is 0 Å². The smallest absolute Gasteiger partial charge is 0.408 e. The number of aliphatic carboxylic acids is 1. The summed E-state index contributed by atoms with van der Waals surface area (Å²) in [7, 11) is 0. The summed E-state index contributed by atoms with van der Waals surface area (Å²) in [5.41, 5.74) is 0.741. The zero-order valence-electron chi connectivity index (χ0n) is 10.9. The summed E-state index contributed by atoms with van der Waals surface area (Å²) >= 11 is 0. The van der Waals surface area contributed by atoms with E-state index in [1.54, 1.807) is 24.3 Å². The molecule has 2 N–H and O–H groups in total. The minimum absolute atomic E-state index is 0.0172. The van der Waals surface area contributed by atoms with Gasteiger partial charge in [0.2, 0.25) is 6.04 Å². The van der Waals surface area contributed by atoms with Crippen molar-refractivity contribution < 1.29 is 29.0 Å². The van der Waals surface area contributed by atoms with E-state index in [0.717, 1.165) is 5.56 Å². The summed E-state index contributed by atoms with van der Waals surface area (Å²) in [6.45, 7) is 1.52. The predicted octanol–water partition coefficient (Wildman–Crippen LogP) is 0.929. The molecule has 0 saturated carbocycles. The van der Waals surface area contributed by atoms with Crippen LogP contribution in [0.3, 0.4) is 0 Å². The van der Waals surface area contributed by atoms with E-state index in [4.69, 9.17) is 9.84 Å². The topological polar surface area (TPSA) is 102 Å². The van der Waals surface area contributed by atoms with Gasteiger partial charge in [0.25, 0.3) is 0 Å². The second kappa shape index (κ2) is 7.78. The minimum atomic E-state index is -1.78. The maximum atomic E-state index is 11.4. The lowest BCUT2D eigenvalue weighted by molar-refractivity contribution is -0.154. The third-order valence-corrected chi connectivity index (χ3v) is 2.24. The van der Waals surface area contributed by atoms with Crippen LogP contribution in [0.15, 0.2) is 30.3 Å². The fraction of sp³-hybridized carbons (Fsp3) is 0.308. The number of carbonyl (C=O) groups is 3. The zero-order valence-corrected chi connectivity index (χ0v) is 10.9. The van der Waals surface area contributed by atoms with Crippen molar-refractivity contribution in [3.05, 3.63) is 35.9 Å². The van der Waals surface area contributed by atoms with Gasteiger partial charge >= 0.3 is 18.0 Å². The van der Waals surface area contributed by atoms with Gasteiger partial charge in [-0.25, -0.2) is 14.4 Å². The van der Waals surface area contributed by atoms with Crippen molar-refractivity contribution in [3.8, 4) is 0 Å². The monoisotopic (exact) mass is 281 g/mol. The number of rotatable bonds is 6. The van der Waals surface area contributed by atoms with Crippen LogP contribution in [0.2, 0.25) is 0 Å². The van der Waals surface area contributed by atoms with Crippen LogP contribution in [0.1, 0.15) is 12.5 Å². The van der Waals surface area contributed by atoms with Crippen LogP contribution in [0, 0.1) is 0 Å². The number of carboxylic acid groups (broad SMARTS) is 1. The number of esters is 1. The molecule has 1 atom stereocenters. The standard InChI is InChI=1S/C13H15NO6/c1-2-19-12(17)10(11(15)16)14-13(18)20-8-9-6-4-3-5-7-9/h3-7,10H,2,8H2,1H3,(H,14,18)(H,15,16)/t10-/m0/s1. The molecule has 0 heterocycles. The molecule has 0 aromatic heterocycles. The number of amides is 1. The Morgan fingerprint density at radius 2 is 1.85 bits per heavy atom. The van der Waals surface area contributed by atoms with Gasteiger partial charge in [-0.2, -0.15) is 0 Å². The minimum Gasteiger partial charge on any atom is -0.479 e. The molecule has 1 amide bonds. The van der Waals surface area contributed by atoms with E-state index in [-0.39, 0.29) is 13.2 Å². The average Bonchev–Trinajstić information content (AvgIpc) is 2.43. The number of alkyl carbamates (subject to hydrolysis) is 1. The third-order valence-electron chi connectivity index (χ3n) is 2.24. The lowest BCUT2D eigenvalue weighted by Gasteiger charge is -2.13. The van der Waals surface area contributed by atoms with Crippen molar-refractivity contribution in [2.45, 2.75) is 19.6 Å². The molecule has 108 valence electrons. The Balaban J connectivity index is 2.50. The Kier molecular flexibility index (Phi) is 6.02. The van der Waals surface area contributed by atoms with E-state index in [9.17, 15) is 14.4 Å². The highest BCUT2D eigenvalue weighted by Crippen LogP contribution is 2.01. The molecular weight excluding hydrogens is 266 g/mol. The molecule has 1 aromatic rings. The van der Waals surface area contributed by atoms with Crippen LogP contribution in [0.25, 0.3) is 0 Å². The first kappa shape index (κ1) is 15.5. The largest absolute Gasteiger partial charge is 0.479 e. The molecule has 0 radical (unpaired) electrons. The van der Waals surface area contributed by atoms with Crippen LogP contribution in [-0.2, 0) is 25.7 Å². The van der Waals surface area contributed by atoms with E-state index >= 15 is 0 Å². The second-order valence-corrected chi connectivity index (χ2v) is 3.73. The van der Waals surface area contributed by atoms with Gasteiger partial charge in [-0.1, -0.05) is 30.3 Å². The quantitative estimate of drug-likeness (QED) is 0.594. The molecule has 0 spiro atoms. The SMILES string of the molecule is CCOC(=O)[C@@H](NC(=O)OCc1ccccc1)C(=O)O. The first-order valence-corrected chi connectivity index (χ1v) is 5.91. The van der Waals surface area contributed by atoms with E-state index in [1.165, 1.54) is 6.92 Å². The molecule has 1 aromatic carbocycles. The van der Waals surface area contributed by atoms with Gasteiger partial charge in [0.1, 0.15) is 6.61 Å². The van der Waals surface area contributed by atoms with Crippen molar-refractivity contribution in [1.82, 2.24) is 5.32 Å². The van der Waals surface area contributed by atoms with Gasteiger partial charge in [0.05, 0.1) is 6.61 Å². The molecule has 0 aliphatic heterocycles. The van der Waals surface area contributed by atoms with Gasteiger partial charge in [-0.05, 0) is 12.5 Å². The van der Waals surface area contributed by atoms with Crippen molar-refractivity contribution >= 4 is 18.0 Å². The number of hydrogen-bond donors (Lipinski definition) is 2. The average molecular weight is 281 g/mol. The molecule has 0 aliphatic rings. The number of benzene rings is 1. The maximum Gasteiger partial charge on any atom is 0.408 e. The fourth-order valence-corrected chi connectivity index (χ4v) is 1.33. The van der Waals surface area contributed by atoms with E-state index in [2.05, 4.69) is 4.74 Å². The van der Waals surface area contributed by atoms with Crippen LogP contribution in [0.5, 0.6) is 0 Å². The Morgan fingerprint density at radius 3 is 2.40 bits per heavy atom. The Hall–Kier alpha value is -2.57. The van der Waals surface area contributed by atoms with Gasteiger partial charge in [-0.15, -0.1) is 0 Å². The summed E-state index contributed by atoms with van der Waals surface area (Å²) in [6.07, 6.45) is -1.01. The highest BCUT2D eigenvalue weighted by atomic mass is 16.6. The highest BCUT2D eigenvalue weighted by Gasteiger charge is 2.30. The summed E-state index contributed by atoms with van der Waals surface area (Å²) in [4.78, 5) is 33.6. The number of carboxylic acids is 1. The Bertz CT molecular complexity index is 473. The van der Waals surface area contributed by atoms with Gasteiger partial charge in [0, 0.05) is 0 Å². The lowest BCUT2D eigenvalue weighted by atomic mass is 10.2. The molecule has 0 bridgehead atoms. The lowest BCUT2D eigenvalue weighted by Crippen LogP contribution is -2.47. The third kappa shape index (κ3) is 4.97. The number of nitrogens with one attached hydrogen (secondary N) is 1. The normalized spacial score (nSPS) is 11.2. The summed E-state index contributed by atoms with van der Waals surface area (Å²) < 4.78 is 9.35. The van der Waals surface area contributed by atoms with Crippen LogP contribution < -0.4 is 5.32 Å². The van der Waals surface area contributed by atoms with Crippen LogP contribution in [-0.4, -0.2) is 35.8 Å². The summed E-state index contributed by atoms with van der Waals surface area (Å²) in [5.74, 6) is -2.56. The predicted molar refractivity (Wildman–Crippen MR) is 67.8 cm³/mol. The van der Waals surface area contributed by atoms with Crippen molar-refractivity contribution in [3.63, 3.8) is 0 Å². The molecule has 0 fully saturated rings. The van der Waals surface area contributed by atoms with Gasteiger partial charge < -0.3 is 14.6 Å². The second-order valence-electron chi connectivity index (χ2n) is 3.73. The fourth-order valence-electron chi connectivity index (χ4n) is 1.33.